The fraction of sp³-hybridized carbons (Fsp3) is 0.800. The maximum absolute atomic E-state index is 10.7. The Kier molecular flexibility index (Phi) is 34.0. The average Bonchev–Trinajstić information content (AvgIpc) is 2.78. The first-order chi connectivity index (χ1) is 16.8. The molecular weight excluding hydrogens is 574 g/mol. The van der Waals surface area contributed by atoms with Crippen LogP contribution in [0.5, 0.6) is 0 Å². The van der Waals surface area contributed by atoms with Gasteiger partial charge in [-0.15, -0.1) is 13.2 Å². The summed E-state index contributed by atoms with van der Waals surface area (Å²) in [5.41, 5.74) is 0. The summed E-state index contributed by atoms with van der Waals surface area (Å²) in [6, 6.07) is 0. The molecule has 0 spiro atoms. The Hall–Kier alpha value is 0.980. The molecule has 0 rings (SSSR count). The Balaban J connectivity index is -0.000000289. The minimum absolute atomic E-state index is 0. The number of rotatable bonds is 22. The van der Waals surface area contributed by atoms with E-state index in [9.17, 15) is 36.2 Å². The zero-order valence-corrected chi connectivity index (χ0v) is 28.2. The third-order valence-corrected chi connectivity index (χ3v) is 6.50. The molecule has 14 nitrogen and oxygen atoms in total. The molecule has 0 aliphatic heterocycles. The van der Waals surface area contributed by atoms with Crippen LogP contribution in [0.15, 0.2) is 25.3 Å². The molecule has 0 saturated heterocycles. The van der Waals surface area contributed by atoms with Crippen molar-refractivity contribution >= 4 is 20.2 Å². The van der Waals surface area contributed by atoms with E-state index in [4.69, 9.17) is 9.47 Å². The van der Waals surface area contributed by atoms with Crippen LogP contribution in [0, 0.1) is 0 Å². The second-order valence-electron chi connectivity index (χ2n) is 7.25. The van der Waals surface area contributed by atoms with Crippen LogP contribution in [0.2, 0.25) is 0 Å². The fourth-order valence-electron chi connectivity index (χ4n) is 1.87. The van der Waals surface area contributed by atoms with E-state index in [1.807, 2.05) is 0 Å². The van der Waals surface area contributed by atoms with Gasteiger partial charge in [0.1, 0.15) is 25.4 Å². The van der Waals surface area contributed by atoms with E-state index in [1.54, 1.807) is 13.0 Å². The van der Waals surface area contributed by atoms with Crippen LogP contribution in [0.25, 0.3) is 0 Å². The van der Waals surface area contributed by atoms with Crippen molar-refractivity contribution in [2.75, 3.05) is 52.9 Å². The molecule has 0 aromatic heterocycles. The molecule has 4 unspecified atom stereocenters. The quantitative estimate of drug-likeness (QED) is 0.0291. The Morgan fingerprint density at radius 2 is 1.18 bits per heavy atom. The van der Waals surface area contributed by atoms with Gasteiger partial charge in [-0.25, -0.2) is 36.4 Å². The van der Waals surface area contributed by atoms with E-state index in [0.717, 1.165) is 0 Å². The van der Waals surface area contributed by atoms with Gasteiger partial charge < -0.3 is 28.8 Å². The minimum atomic E-state index is -4.39. The SMILES string of the molecule is C=CCOCC(O)COOCC(CC)S(=O)(=O)[O-].C=CCOCC(O)COOCCC(C)S(=O)(=O)[O-].[Na+].[Na+]. The second kappa shape index (κ2) is 28.1. The fourth-order valence-corrected chi connectivity index (χ4v) is 2.89. The molecule has 0 aromatic carbocycles. The summed E-state index contributed by atoms with van der Waals surface area (Å²) < 4.78 is 73.6. The van der Waals surface area contributed by atoms with Gasteiger partial charge in [-0.2, -0.15) is 0 Å². The van der Waals surface area contributed by atoms with Crippen LogP contribution in [-0.4, -0.2) is 112 Å². The minimum Gasteiger partial charge on any atom is -0.748 e. The van der Waals surface area contributed by atoms with E-state index < -0.39 is 42.9 Å². The molecule has 0 bridgehead atoms. The standard InChI is InChI=1S/2C10H20O7S.2Na/c1-3-5-15-7-10(11)8-17-16-6-4-9(2)18(12,13)14;1-3-5-15-6-9(11)7-16-17-8-10(4-2)18(12,13)14;;/h2*3,9-11H,1,4-8H2,2H3,(H,12,13,14);;/q;;2*+1/p-2. The summed E-state index contributed by atoms with van der Waals surface area (Å²) in [6.07, 6.45) is 1.53. The van der Waals surface area contributed by atoms with Crippen molar-refractivity contribution in [1.29, 1.82) is 0 Å². The molecule has 2 N–H and O–H groups in total. The van der Waals surface area contributed by atoms with Crippen LogP contribution >= 0.6 is 0 Å². The third-order valence-electron chi connectivity index (χ3n) is 4.00. The second-order valence-corrected chi connectivity index (χ2v) is 10.7. The summed E-state index contributed by atoms with van der Waals surface area (Å²) in [4.78, 5) is 18.4. The first-order valence-corrected chi connectivity index (χ1v) is 13.8. The van der Waals surface area contributed by atoms with Gasteiger partial charge in [0.25, 0.3) is 0 Å². The molecule has 0 amide bonds. The molecule has 18 heteroatoms. The van der Waals surface area contributed by atoms with Gasteiger partial charge >= 0.3 is 59.1 Å². The summed E-state index contributed by atoms with van der Waals surface area (Å²) in [5, 5.41) is 16.4. The van der Waals surface area contributed by atoms with Gasteiger partial charge in [-0.05, 0) is 19.8 Å². The van der Waals surface area contributed by atoms with E-state index >= 15 is 0 Å². The normalized spacial score (nSPS) is 14.5. The molecule has 0 aliphatic carbocycles. The van der Waals surface area contributed by atoms with Crippen LogP contribution in [-0.2, 0) is 49.3 Å². The van der Waals surface area contributed by atoms with Gasteiger partial charge in [0.05, 0.1) is 65.1 Å². The maximum atomic E-state index is 10.7. The van der Waals surface area contributed by atoms with Crippen LogP contribution < -0.4 is 59.1 Å². The first kappa shape index (κ1) is 46.0. The number of hydrogen-bond acceptors (Lipinski definition) is 14. The monoisotopic (exact) mass is 612 g/mol. The molecule has 0 fully saturated rings. The molecule has 0 saturated carbocycles. The molecule has 0 aliphatic rings. The molecular formula is C20H38Na2O14S2. The van der Waals surface area contributed by atoms with E-state index in [-0.39, 0.29) is 112 Å². The van der Waals surface area contributed by atoms with E-state index in [1.165, 1.54) is 13.0 Å². The Bertz CT molecular complexity index is 768. The van der Waals surface area contributed by atoms with Gasteiger partial charge in [-0.1, -0.05) is 19.1 Å². The zero-order chi connectivity index (χ0) is 28.0. The van der Waals surface area contributed by atoms with Gasteiger partial charge in [-0.3, -0.25) is 0 Å². The average molecular weight is 613 g/mol. The number of hydrogen-bond donors (Lipinski definition) is 2. The topological polar surface area (TPSA) is 210 Å². The van der Waals surface area contributed by atoms with Crippen molar-refractivity contribution in [3.8, 4) is 0 Å². The summed E-state index contributed by atoms with van der Waals surface area (Å²) in [7, 11) is -8.67. The Morgan fingerprint density at radius 3 is 1.55 bits per heavy atom. The van der Waals surface area contributed by atoms with E-state index in [0.29, 0.717) is 13.2 Å². The van der Waals surface area contributed by atoms with Crippen LogP contribution in [0.3, 0.4) is 0 Å². The summed E-state index contributed by atoms with van der Waals surface area (Å²) in [5.74, 6) is 0. The predicted octanol–water partition coefficient (Wildman–Crippen LogP) is -6.35. The third kappa shape index (κ3) is 30.0. The Labute approximate surface area is 270 Å². The molecule has 0 aromatic rings. The summed E-state index contributed by atoms with van der Waals surface area (Å²) in [6.45, 7) is 9.83. The van der Waals surface area contributed by atoms with Crippen LogP contribution in [0.1, 0.15) is 26.7 Å². The molecule has 0 radical (unpaired) electrons. The molecule has 4 atom stereocenters. The smallest absolute Gasteiger partial charge is 0.748 e. The largest absolute Gasteiger partial charge is 1.00 e. The Morgan fingerprint density at radius 1 is 0.763 bits per heavy atom. The maximum Gasteiger partial charge on any atom is 1.00 e. The van der Waals surface area contributed by atoms with Crippen molar-refractivity contribution in [2.24, 2.45) is 0 Å². The van der Waals surface area contributed by atoms with Crippen molar-refractivity contribution in [2.45, 2.75) is 49.4 Å². The van der Waals surface area contributed by atoms with Crippen molar-refractivity contribution in [3.63, 3.8) is 0 Å². The van der Waals surface area contributed by atoms with Crippen molar-refractivity contribution in [1.82, 2.24) is 0 Å². The van der Waals surface area contributed by atoms with Gasteiger partial charge in [0, 0.05) is 5.25 Å². The van der Waals surface area contributed by atoms with Crippen molar-refractivity contribution < 1.29 is 124 Å². The molecule has 38 heavy (non-hydrogen) atoms. The van der Waals surface area contributed by atoms with Gasteiger partial charge in [0.2, 0.25) is 0 Å². The van der Waals surface area contributed by atoms with E-state index in [2.05, 4.69) is 32.7 Å². The predicted molar refractivity (Wildman–Crippen MR) is 125 cm³/mol. The number of aliphatic hydroxyl groups is 2. The number of ether oxygens (including phenoxy) is 2. The summed E-state index contributed by atoms with van der Waals surface area (Å²) >= 11 is 0. The number of aliphatic hydroxyl groups excluding tert-OH is 2. The van der Waals surface area contributed by atoms with Gasteiger partial charge in [0.15, 0.2) is 0 Å². The van der Waals surface area contributed by atoms with Crippen molar-refractivity contribution in [3.05, 3.63) is 25.3 Å². The van der Waals surface area contributed by atoms with Crippen LogP contribution in [0.4, 0.5) is 0 Å². The first-order valence-electron chi connectivity index (χ1n) is 10.9. The molecule has 0 heterocycles. The zero-order valence-electron chi connectivity index (χ0n) is 22.6. The molecule has 216 valence electrons.